The van der Waals surface area contributed by atoms with E-state index < -0.39 is 5.60 Å². The third-order valence-corrected chi connectivity index (χ3v) is 4.10. The highest BCUT2D eigenvalue weighted by atomic mass is 16.3. The lowest BCUT2D eigenvalue weighted by molar-refractivity contribution is -0.0441. The maximum atomic E-state index is 10.7. The highest BCUT2D eigenvalue weighted by Crippen LogP contribution is 2.47. The number of hydrogen-bond acceptors (Lipinski definition) is 3. The van der Waals surface area contributed by atoms with Gasteiger partial charge in [0.1, 0.15) is 12.2 Å². The Balaban J connectivity index is 2.21. The Hall–Kier alpha value is -0.900. The molecule has 0 spiro atoms. The maximum Gasteiger partial charge on any atom is 0.138 e. The van der Waals surface area contributed by atoms with Crippen LogP contribution in [-0.2, 0) is 13.0 Å². The first-order valence-corrected chi connectivity index (χ1v) is 6.07. The molecule has 0 aromatic carbocycles. The van der Waals surface area contributed by atoms with Crippen LogP contribution in [0.5, 0.6) is 0 Å². The van der Waals surface area contributed by atoms with Gasteiger partial charge in [0.05, 0.1) is 5.60 Å². The van der Waals surface area contributed by atoms with E-state index in [-0.39, 0.29) is 5.41 Å². The Kier molecular flexibility index (Phi) is 2.78. The van der Waals surface area contributed by atoms with E-state index in [1.807, 2.05) is 11.6 Å². The van der Waals surface area contributed by atoms with E-state index >= 15 is 0 Å². The van der Waals surface area contributed by atoms with Crippen LogP contribution in [0.1, 0.15) is 45.9 Å². The largest absolute Gasteiger partial charge is 0.389 e. The average Bonchev–Trinajstić information content (AvgIpc) is 2.73. The molecule has 0 radical (unpaired) electrons. The van der Waals surface area contributed by atoms with Crippen molar-refractivity contribution in [3.05, 3.63) is 12.2 Å². The van der Waals surface area contributed by atoms with Gasteiger partial charge in [-0.3, -0.25) is 4.68 Å². The van der Waals surface area contributed by atoms with E-state index in [0.29, 0.717) is 6.42 Å². The zero-order chi connectivity index (χ0) is 11.8. The Morgan fingerprint density at radius 2 is 2.19 bits per heavy atom. The molecule has 4 nitrogen and oxygen atoms in total. The summed E-state index contributed by atoms with van der Waals surface area (Å²) >= 11 is 0. The van der Waals surface area contributed by atoms with Gasteiger partial charge >= 0.3 is 0 Å². The van der Waals surface area contributed by atoms with E-state index in [9.17, 15) is 5.11 Å². The van der Waals surface area contributed by atoms with E-state index in [2.05, 4.69) is 23.9 Å². The van der Waals surface area contributed by atoms with Crippen LogP contribution >= 0.6 is 0 Å². The third-order valence-electron chi connectivity index (χ3n) is 4.10. The molecule has 16 heavy (non-hydrogen) atoms. The van der Waals surface area contributed by atoms with Crippen molar-refractivity contribution in [1.29, 1.82) is 0 Å². The summed E-state index contributed by atoms with van der Waals surface area (Å²) in [4.78, 5) is 4.25. The molecule has 1 atom stereocenters. The van der Waals surface area contributed by atoms with Crippen molar-refractivity contribution in [2.75, 3.05) is 0 Å². The monoisotopic (exact) mass is 223 g/mol. The van der Waals surface area contributed by atoms with Crippen LogP contribution in [0, 0.1) is 5.41 Å². The van der Waals surface area contributed by atoms with Crippen LogP contribution in [-0.4, -0.2) is 25.5 Å². The van der Waals surface area contributed by atoms with Crippen molar-refractivity contribution in [3.8, 4) is 0 Å². The minimum absolute atomic E-state index is 0.0163. The molecule has 1 aromatic heterocycles. The van der Waals surface area contributed by atoms with Gasteiger partial charge in [-0.1, -0.05) is 13.8 Å². The number of aliphatic hydroxyl groups is 1. The molecule has 1 N–H and O–H groups in total. The van der Waals surface area contributed by atoms with Gasteiger partial charge in [-0.25, -0.2) is 4.98 Å². The molecule has 1 fully saturated rings. The summed E-state index contributed by atoms with van der Waals surface area (Å²) in [6.07, 6.45) is 5.25. The molecule has 4 heteroatoms. The standard InChI is InChI=1S/C12H21N3O/c1-4-15-10(13-9-14-15)8-12(16)7-5-6-11(12,2)3/h9,16H,4-8H2,1-3H3. The first kappa shape index (κ1) is 11.6. The number of rotatable bonds is 3. The SMILES string of the molecule is CCn1ncnc1CC1(O)CCCC1(C)C. The van der Waals surface area contributed by atoms with Crippen LogP contribution in [0.4, 0.5) is 0 Å². The van der Waals surface area contributed by atoms with Gasteiger partial charge < -0.3 is 5.11 Å². The number of aryl methyl sites for hydroxylation is 1. The molecule has 1 aromatic rings. The number of nitrogens with zero attached hydrogens (tertiary/aromatic N) is 3. The summed E-state index contributed by atoms with van der Waals surface area (Å²) in [6.45, 7) is 7.15. The van der Waals surface area contributed by atoms with Gasteiger partial charge in [0.15, 0.2) is 0 Å². The summed E-state index contributed by atoms with van der Waals surface area (Å²) in [7, 11) is 0. The third kappa shape index (κ3) is 1.75. The van der Waals surface area contributed by atoms with Gasteiger partial charge in [-0.2, -0.15) is 5.10 Å². The van der Waals surface area contributed by atoms with Crippen molar-refractivity contribution >= 4 is 0 Å². The summed E-state index contributed by atoms with van der Waals surface area (Å²) in [6, 6.07) is 0. The first-order valence-electron chi connectivity index (χ1n) is 6.07. The molecule has 2 rings (SSSR count). The lowest BCUT2D eigenvalue weighted by Gasteiger charge is -2.36. The zero-order valence-electron chi connectivity index (χ0n) is 10.4. The molecular formula is C12H21N3O. The van der Waals surface area contributed by atoms with Crippen molar-refractivity contribution < 1.29 is 5.11 Å². The van der Waals surface area contributed by atoms with Crippen LogP contribution < -0.4 is 0 Å². The van der Waals surface area contributed by atoms with E-state index in [0.717, 1.165) is 31.6 Å². The van der Waals surface area contributed by atoms with E-state index in [1.54, 1.807) is 6.33 Å². The number of aromatic nitrogens is 3. The smallest absolute Gasteiger partial charge is 0.138 e. The lowest BCUT2D eigenvalue weighted by Crippen LogP contribution is -2.42. The Labute approximate surface area is 96.7 Å². The van der Waals surface area contributed by atoms with Crippen LogP contribution in [0.25, 0.3) is 0 Å². The summed E-state index contributed by atoms with van der Waals surface area (Å²) in [5.74, 6) is 0.903. The van der Waals surface area contributed by atoms with Gasteiger partial charge in [-0.15, -0.1) is 0 Å². The highest BCUT2D eigenvalue weighted by Gasteiger charge is 2.47. The fourth-order valence-corrected chi connectivity index (χ4v) is 2.67. The summed E-state index contributed by atoms with van der Waals surface area (Å²) in [5, 5.41) is 14.9. The van der Waals surface area contributed by atoms with E-state index in [1.165, 1.54) is 0 Å². The summed E-state index contributed by atoms with van der Waals surface area (Å²) in [5.41, 5.74) is -0.634. The fourth-order valence-electron chi connectivity index (χ4n) is 2.67. The fraction of sp³-hybridized carbons (Fsp3) is 0.833. The van der Waals surface area contributed by atoms with Gasteiger partial charge in [0.25, 0.3) is 0 Å². The lowest BCUT2D eigenvalue weighted by atomic mass is 9.75. The van der Waals surface area contributed by atoms with E-state index in [4.69, 9.17) is 0 Å². The quantitative estimate of drug-likeness (QED) is 0.849. The van der Waals surface area contributed by atoms with Crippen molar-refractivity contribution in [3.63, 3.8) is 0 Å². The molecule has 1 saturated carbocycles. The topological polar surface area (TPSA) is 50.9 Å². The predicted octanol–water partition coefficient (Wildman–Crippen LogP) is 1.78. The zero-order valence-corrected chi connectivity index (χ0v) is 10.4. The molecule has 1 heterocycles. The Morgan fingerprint density at radius 3 is 2.75 bits per heavy atom. The van der Waals surface area contributed by atoms with Crippen LogP contribution in [0.2, 0.25) is 0 Å². The molecule has 1 unspecified atom stereocenters. The molecule has 0 amide bonds. The maximum absolute atomic E-state index is 10.7. The van der Waals surface area contributed by atoms with Crippen molar-refractivity contribution in [2.24, 2.45) is 5.41 Å². The second-order valence-corrected chi connectivity index (χ2v) is 5.44. The molecule has 1 aliphatic rings. The highest BCUT2D eigenvalue weighted by molar-refractivity contribution is 5.05. The minimum atomic E-state index is -0.618. The van der Waals surface area contributed by atoms with Gasteiger partial charge in [0.2, 0.25) is 0 Å². The predicted molar refractivity (Wildman–Crippen MR) is 62.0 cm³/mol. The second kappa shape index (κ2) is 3.84. The van der Waals surface area contributed by atoms with Crippen molar-refractivity contribution in [2.45, 2.75) is 58.6 Å². The molecule has 0 saturated heterocycles. The molecule has 0 aliphatic heterocycles. The average molecular weight is 223 g/mol. The first-order chi connectivity index (χ1) is 7.48. The minimum Gasteiger partial charge on any atom is -0.389 e. The second-order valence-electron chi connectivity index (χ2n) is 5.44. The Morgan fingerprint density at radius 1 is 1.44 bits per heavy atom. The molecule has 0 bridgehead atoms. The molecular weight excluding hydrogens is 202 g/mol. The summed E-state index contributed by atoms with van der Waals surface area (Å²) < 4.78 is 1.87. The van der Waals surface area contributed by atoms with Crippen LogP contribution in [0.3, 0.4) is 0 Å². The van der Waals surface area contributed by atoms with Crippen LogP contribution in [0.15, 0.2) is 6.33 Å². The van der Waals surface area contributed by atoms with Gasteiger partial charge in [0, 0.05) is 13.0 Å². The van der Waals surface area contributed by atoms with Crippen molar-refractivity contribution in [1.82, 2.24) is 14.8 Å². The normalized spacial score (nSPS) is 28.5. The molecule has 1 aliphatic carbocycles. The van der Waals surface area contributed by atoms with Gasteiger partial charge in [-0.05, 0) is 31.6 Å². The Bertz CT molecular complexity index is 372. The number of hydrogen-bond donors (Lipinski definition) is 1. The molecule has 90 valence electrons.